The Hall–Kier alpha value is -2.95. The molecule has 0 bridgehead atoms. The number of nitrogens with zero attached hydrogens (tertiary/aromatic N) is 1. The SMILES string of the molecule is COC(=O)C1=C(C(=O)OC)N(c2cc(C(F)(F)F)c(Cl)c(C(F)(F)F)c2)C=CC=C1. The van der Waals surface area contributed by atoms with Crippen molar-refractivity contribution in [3.8, 4) is 0 Å². The summed E-state index contributed by atoms with van der Waals surface area (Å²) >= 11 is 5.38. The first-order valence-electron chi connectivity index (χ1n) is 7.85. The van der Waals surface area contributed by atoms with E-state index in [4.69, 9.17) is 11.6 Å². The van der Waals surface area contributed by atoms with Crippen molar-refractivity contribution >= 4 is 29.2 Å². The highest BCUT2D eigenvalue weighted by atomic mass is 35.5. The summed E-state index contributed by atoms with van der Waals surface area (Å²) in [5.41, 5.74) is -5.39. The summed E-state index contributed by atoms with van der Waals surface area (Å²) in [6.45, 7) is 0. The van der Waals surface area contributed by atoms with Crippen LogP contribution in [0.25, 0.3) is 0 Å². The smallest absolute Gasteiger partial charge is 0.417 e. The molecule has 0 aromatic heterocycles. The molecular weight excluding hydrogens is 444 g/mol. The average Bonchev–Trinajstić information content (AvgIpc) is 2.88. The summed E-state index contributed by atoms with van der Waals surface area (Å²) in [6.07, 6.45) is -5.96. The first-order valence-corrected chi connectivity index (χ1v) is 8.23. The lowest BCUT2D eigenvalue weighted by Crippen LogP contribution is -2.27. The standard InChI is InChI=1S/C18H12ClF6NO4/c1-29-15(27)10-5-3-4-6-26(14(10)16(28)30-2)9-7-11(17(20,21)22)13(19)12(8-9)18(23,24)25/h3-8H,1-2H3. The maximum Gasteiger partial charge on any atom is 0.417 e. The highest BCUT2D eigenvalue weighted by Gasteiger charge is 2.42. The van der Waals surface area contributed by atoms with Gasteiger partial charge in [-0.3, -0.25) is 0 Å². The van der Waals surface area contributed by atoms with E-state index < -0.39 is 57.4 Å². The number of esters is 2. The number of benzene rings is 1. The van der Waals surface area contributed by atoms with E-state index in [1.54, 1.807) is 0 Å². The maximum atomic E-state index is 13.3. The van der Waals surface area contributed by atoms with Gasteiger partial charge in [0, 0.05) is 11.9 Å². The Morgan fingerprint density at radius 3 is 1.83 bits per heavy atom. The number of alkyl halides is 6. The van der Waals surface area contributed by atoms with Crippen LogP contribution in [0.5, 0.6) is 0 Å². The van der Waals surface area contributed by atoms with Crippen molar-refractivity contribution in [1.29, 1.82) is 0 Å². The zero-order valence-electron chi connectivity index (χ0n) is 15.2. The molecule has 1 aliphatic rings. The van der Waals surface area contributed by atoms with Gasteiger partial charge in [0.05, 0.1) is 35.9 Å². The first kappa shape index (κ1) is 23.3. The van der Waals surface area contributed by atoms with Gasteiger partial charge in [0.1, 0.15) is 5.70 Å². The molecule has 0 aliphatic carbocycles. The number of hydrogen-bond acceptors (Lipinski definition) is 5. The lowest BCUT2D eigenvalue weighted by Gasteiger charge is -2.25. The van der Waals surface area contributed by atoms with Gasteiger partial charge in [-0.15, -0.1) is 0 Å². The molecule has 0 spiro atoms. The molecule has 1 aromatic rings. The third kappa shape index (κ3) is 4.61. The van der Waals surface area contributed by atoms with Gasteiger partial charge in [-0.1, -0.05) is 17.7 Å². The Morgan fingerprint density at radius 2 is 1.40 bits per heavy atom. The van der Waals surface area contributed by atoms with Crippen molar-refractivity contribution < 1.29 is 45.4 Å². The number of anilines is 1. The van der Waals surface area contributed by atoms with Crippen LogP contribution in [0.2, 0.25) is 5.02 Å². The molecule has 162 valence electrons. The van der Waals surface area contributed by atoms with E-state index in [9.17, 15) is 35.9 Å². The van der Waals surface area contributed by atoms with Crippen LogP contribution < -0.4 is 4.90 Å². The number of carbonyl (C=O) groups is 2. The monoisotopic (exact) mass is 455 g/mol. The molecule has 0 N–H and O–H groups in total. The number of rotatable bonds is 3. The minimum absolute atomic E-state index is 0.324. The highest BCUT2D eigenvalue weighted by Crippen LogP contribution is 2.45. The summed E-state index contributed by atoms with van der Waals surface area (Å²) in [5.74, 6) is -2.27. The number of hydrogen-bond donors (Lipinski definition) is 0. The van der Waals surface area contributed by atoms with E-state index in [1.165, 1.54) is 12.2 Å². The van der Waals surface area contributed by atoms with Crippen molar-refractivity contribution in [2.24, 2.45) is 0 Å². The van der Waals surface area contributed by atoms with Crippen LogP contribution in [0.3, 0.4) is 0 Å². The quantitative estimate of drug-likeness (QED) is 0.481. The van der Waals surface area contributed by atoms with E-state index in [0.717, 1.165) is 26.5 Å². The largest absolute Gasteiger partial charge is 0.465 e. The number of halogens is 7. The van der Waals surface area contributed by atoms with Gasteiger partial charge in [-0.2, -0.15) is 26.3 Å². The minimum atomic E-state index is -5.23. The topological polar surface area (TPSA) is 55.8 Å². The van der Waals surface area contributed by atoms with Gasteiger partial charge < -0.3 is 14.4 Å². The van der Waals surface area contributed by atoms with Crippen LogP contribution in [-0.4, -0.2) is 26.2 Å². The van der Waals surface area contributed by atoms with Crippen LogP contribution in [0.1, 0.15) is 11.1 Å². The van der Waals surface area contributed by atoms with Gasteiger partial charge in [-0.25, -0.2) is 9.59 Å². The van der Waals surface area contributed by atoms with Crippen molar-refractivity contribution in [2.45, 2.75) is 12.4 Å². The molecule has 0 saturated carbocycles. The second kappa shape index (κ2) is 8.42. The fraction of sp³-hybridized carbons (Fsp3) is 0.222. The number of methoxy groups -OCH3 is 2. The van der Waals surface area contributed by atoms with Crippen LogP contribution in [-0.2, 0) is 31.4 Å². The number of carbonyl (C=O) groups excluding carboxylic acids is 2. The van der Waals surface area contributed by atoms with E-state index in [-0.39, 0.29) is 0 Å². The Kier molecular flexibility index (Phi) is 6.55. The lowest BCUT2D eigenvalue weighted by molar-refractivity contribution is -0.143. The Morgan fingerprint density at radius 1 is 0.900 bits per heavy atom. The number of ether oxygens (including phenoxy) is 2. The molecule has 0 saturated heterocycles. The fourth-order valence-corrected chi connectivity index (χ4v) is 2.85. The maximum absolute atomic E-state index is 13.3. The van der Waals surface area contributed by atoms with Crippen LogP contribution >= 0.6 is 11.6 Å². The van der Waals surface area contributed by atoms with Crippen molar-refractivity contribution in [3.05, 3.63) is 64.0 Å². The predicted octanol–water partition coefficient (Wildman–Crippen LogP) is 4.87. The average molecular weight is 456 g/mol. The van der Waals surface area contributed by atoms with E-state index in [1.807, 2.05) is 0 Å². The molecule has 5 nitrogen and oxygen atoms in total. The zero-order chi connectivity index (χ0) is 22.9. The Balaban J connectivity index is 2.89. The molecule has 0 amide bonds. The van der Waals surface area contributed by atoms with Gasteiger partial charge in [-0.05, 0) is 24.3 Å². The predicted molar refractivity (Wildman–Crippen MR) is 93.3 cm³/mol. The van der Waals surface area contributed by atoms with E-state index in [2.05, 4.69) is 9.47 Å². The first-order chi connectivity index (χ1) is 13.8. The molecule has 2 rings (SSSR count). The Labute approximate surface area is 170 Å². The molecule has 0 fully saturated rings. The molecule has 1 aromatic carbocycles. The van der Waals surface area contributed by atoms with Gasteiger partial charge >= 0.3 is 24.3 Å². The molecular formula is C18H12ClF6NO4. The van der Waals surface area contributed by atoms with Gasteiger partial charge in [0.2, 0.25) is 0 Å². The van der Waals surface area contributed by atoms with Crippen molar-refractivity contribution in [2.75, 3.05) is 19.1 Å². The van der Waals surface area contributed by atoms with Gasteiger partial charge in [0.15, 0.2) is 0 Å². The fourth-order valence-electron chi connectivity index (χ4n) is 2.53. The second-order valence-electron chi connectivity index (χ2n) is 5.67. The second-order valence-corrected chi connectivity index (χ2v) is 6.04. The van der Waals surface area contributed by atoms with Crippen molar-refractivity contribution in [3.63, 3.8) is 0 Å². The molecule has 0 unspecified atom stereocenters. The molecule has 30 heavy (non-hydrogen) atoms. The third-order valence-electron chi connectivity index (χ3n) is 3.84. The summed E-state index contributed by atoms with van der Waals surface area (Å²) in [6, 6.07) is 0.649. The van der Waals surface area contributed by atoms with Crippen LogP contribution in [0.15, 0.2) is 47.8 Å². The molecule has 1 aliphatic heterocycles. The third-order valence-corrected chi connectivity index (χ3v) is 4.24. The summed E-state index contributed by atoms with van der Waals surface area (Å²) in [7, 11) is 1.90. The number of allylic oxidation sites excluding steroid dienone is 2. The molecule has 0 radical (unpaired) electrons. The molecule has 12 heteroatoms. The molecule has 1 heterocycles. The lowest BCUT2D eigenvalue weighted by atomic mass is 10.1. The minimum Gasteiger partial charge on any atom is -0.465 e. The van der Waals surface area contributed by atoms with Crippen LogP contribution in [0.4, 0.5) is 32.0 Å². The Bertz CT molecular complexity index is 927. The summed E-state index contributed by atoms with van der Waals surface area (Å²) < 4.78 is 89.2. The van der Waals surface area contributed by atoms with E-state index in [0.29, 0.717) is 17.0 Å². The normalized spacial score (nSPS) is 14.6. The summed E-state index contributed by atoms with van der Waals surface area (Å²) in [4.78, 5) is 25.0. The van der Waals surface area contributed by atoms with Crippen LogP contribution in [0, 0.1) is 0 Å². The van der Waals surface area contributed by atoms with Gasteiger partial charge in [0.25, 0.3) is 0 Å². The van der Waals surface area contributed by atoms with E-state index >= 15 is 0 Å². The van der Waals surface area contributed by atoms with Crippen molar-refractivity contribution in [1.82, 2.24) is 0 Å². The summed E-state index contributed by atoms with van der Waals surface area (Å²) in [5, 5.41) is -1.55. The highest BCUT2D eigenvalue weighted by molar-refractivity contribution is 6.32. The molecule has 0 atom stereocenters. The zero-order valence-corrected chi connectivity index (χ0v) is 15.9.